The topological polar surface area (TPSA) is 26.3 Å². The molecule has 0 amide bonds. The normalized spacial score (nSPS) is 23.4. The molecule has 29 aromatic carbocycles. The summed E-state index contributed by atoms with van der Waals surface area (Å²) >= 11 is 0. The second-order valence-electron chi connectivity index (χ2n) is 27.9. The average molecular weight is 939 g/mol. The molecule has 1 saturated carbocycles. The number of carbonyl (C=O) groups is 1. The lowest BCUT2D eigenvalue weighted by Crippen LogP contribution is -2.27. The quantitative estimate of drug-likeness (QED) is 0.123. The van der Waals surface area contributed by atoms with Crippen LogP contribution in [0.1, 0.15) is 60.9 Å². The van der Waals surface area contributed by atoms with Gasteiger partial charge in [0.05, 0.1) is 6.10 Å². The van der Waals surface area contributed by atoms with Gasteiger partial charge in [-0.1, -0.05) is 30.3 Å². The Bertz CT molecular complexity index is 7020. The highest BCUT2D eigenvalue weighted by Gasteiger charge is 2.94. The smallest absolute Gasteiger partial charge is 0.306 e. The number of hydrogen-bond acceptors (Lipinski definition) is 2. The molecule has 0 aromatic heterocycles. The summed E-state index contributed by atoms with van der Waals surface area (Å²) in [4.78, 5) is 14.1. The first-order valence-corrected chi connectivity index (χ1v) is 28.7. The lowest BCUT2D eigenvalue weighted by atomic mass is 9.68. The second-order valence-corrected chi connectivity index (χ2v) is 27.9. The summed E-state index contributed by atoms with van der Waals surface area (Å²) in [6.45, 7) is 4.03. The molecule has 5 aliphatic rings. The third-order valence-corrected chi connectivity index (χ3v) is 27.1. The van der Waals surface area contributed by atoms with Crippen LogP contribution in [0.2, 0.25) is 0 Å². The molecule has 0 aliphatic heterocycles. The maximum absolute atomic E-state index is 14.1. The van der Waals surface area contributed by atoms with Crippen molar-refractivity contribution in [2.24, 2.45) is 0 Å². The van der Waals surface area contributed by atoms with Gasteiger partial charge in [-0.05, 0) is 345 Å². The van der Waals surface area contributed by atoms with E-state index in [1.807, 2.05) is 13.8 Å². The number of hydrogen-bond donors (Lipinski definition) is 0. The van der Waals surface area contributed by atoms with Crippen LogP contribution in [0, 0.1) is 0 Å². The van der Waals surface area contributed by atoms with Crippen LogP contribution >= 0.6 is 0 Å². The Morgan fingerprint density at radius 1 is 0.316 bits per heavy atom. The maximum Gasteiger partial charge on any atom is 0.306 e. The Balaban J connectivity index is 1.07. The number of ether oxygens (including phenoxy) is 1. The molecule has 34 rings (SSSR count). The average Bonchev–Trinajstić information content (AvgIpc) is 1.45. The fraction of sp³-hybridized carbons (Fsp3) is 0.122. The first-order chi connectivity index (χ1) is 37.7. The standard InChI is InChI=1S/C74H18O2/c1-11(2)76-13(75)9-6-10-72(12-7-4-3-5-8-12)73-68-60-52-42-32-24-16-14-15-18-22-20(16)28-36-30(22)40-34-26(18)27-19(15)23-21-17(14)25(24)33-39-29(21)37-31(23)41-35(27)45-44(34)54-48(40)58-50(36)56(46(52)38(28)32)64(68)66(58)70-62(54)63-55(45)49(41)59-51(37)57-47(39)53(43(33)42)61(60)69(73)65(57)67(59)71(63)74(70,72)73/h3-5,7-8,11H,6,9-10H2,1-2H3. The molecule has 0 saturated heterocycles. The van der Waals surface area contributed by atoms with Crippen molar-refractivity contribution in [3.63, 3.8) is 0 Å². The first kappa shape index (κ1) is 29.9. The van der Waals surface area contributed by atoms with Gasteiger partial charge in [0, 0.05) is 22.7 Å². The van der Waals surface area contributed by atoms with E-state index in [-0.39, 0.29) is 28.3 Å². The van der Waals surface area contributed by atoms with Crippen molar-refractivity contribution >= 4 is 297 Å². The minimum Gasteiger partial charge on any atom is -0.463 e. The lowest BCUT2D eigenvalue weighted by Gasteiger charge is -2.32. The molecular weight excluding hydrogens is 921 g/mol. The van der Waals surface area contributed by atoms with E-state index in [9.17, 15) is 4.79 Å². The molecule has 0 heterocycles. The van der Waals surface area contributed by atoms with Crippen molar-refractivity contribution in [3.8, 4) is 0 Å². The fourth-order valence-electron chi connectivity index (χ4n) is 27.2. The Morgan fingerprint density at radius 2 is 0.513 bits per heavy atom. The van der Waals surface area contributed by atoms with E-state index in [2.05, 4.69) is 30.3 Å². The molecule has 2 heteroatoms. The van der Waals surface area contributed by atoms with Gasteiger partial charge in [0.1, 0.15) is 0 Å². The predicted molar refractivity (Wildman–Crippen MR) is 317 cm³/mol. The monoisotopic (exact) mass is 938 g/mol. The summed E-state index contributed by atoms with van der Waals surface area (Å²) in [6.07, 6.45) is 2.05. The van der Waals surface area contributed by atoms with Gasteiger partial charge in [0.15, 0.2) is 0 Å². The minimum atomic E-state index is -0.353. The van der Waals surface area contributed by atoms with Crippen LogP contribution in [0.4, 0.5) is 0 Å². The zero-order valence-electron chi connectivity index (χ0n) is 39.9. The van der Waals surface area contributed by atoms with E-state index >= 15 is 0 Å². The SMILES string of the molecule is CC(C)OC(=O)CCCC1(c2ccccc2)C23c4c5c6c7c8c9c(c%10c%11c2c2c4c4c%12c5c5c6c6c8c8c%13c9c9c%10c%10c%11c%11c2c2c4c4c%12c%12c5c5c6c8c6c8c%13c9c9c%10c%10c%11c2c2c4c4c%12c5c6c5c8c9c%10c2c45)C713. The minimum absolute atomic E-state index is 0.0474. The third-order valence-electron chi connectivity index (χ3n) is 27.1. The summed E-state index contributed by atoms with van der Waals surface area (Å²) in [7, 11) is 0. The predicted octanol–water partition coefficient (Wildman–Crippen LogP) is 19.4. The van der Waals surface area contributed by atoms with Gasteiger partial charge in [-0.3, -0.25) is 4.79 Å². The van der Waals surface area contributed by atoms with Crippen LogP contribution in [0.3, 0.4) is 0 Å². The van der Waals surface area contributed by atoms with Crippen LogP contribution in [0.5, 0.6) is 0 Å². The number of benzene rings is 19. The second kappa shape index (κ2) is 6.94. The van der Waals surface area contributed by atoms with E-state index in [4.69, 9.17) is 4.74 Å². The maximum atomic E-state index is 14.1. The molecule has 326 valence electrons. The summed E-state index contributed by atoms with van der Waals surface area (Å²) in [6, 6.07) is 12.1. The molecule has 2 spiro atoms. The van der Waals surface area contributed by atoms with Gasteiger partial charge in [0.2, 0.25) is 0 Å². The molecule has 0 unspecified atom stereocenters. The summed E-state index contributed by atoms with van der Waals surface area (Å²) < 4.78 is 6.06. The highest BCUT2D eigenvalue weighted by Crippen LogP contribution is 2.97. The molecule has 1 fully saturated rings. The van der Waals surface area contributed by atoms with E-state index in [1.165, 1.54) is 5.56 Å². The molecule has 76 heavy (non-hydrogen) atoms. The molecule has 5 aliphatic carbocycles. The Hall–Kier alpha value is -8.85. The van der Waals surface area contributed by atoms with Crippen molar-refractivity contribution in [3.05, 3.63) is 58.1 Å². The molecule has 0 bridgehead atoms. The van der Waals surface area contributed by atoms with Crippen LogP contribution in [0.25, 0.3) is 291 Å². The molecule has 2 nitrogen and oxygen atoms in total. The number of rotatable bonds is 6. The summed E-state index contributed by atoms with van der Waals surface area (Å²) in [5, 5.41) is 88.4. The van der Waals surface area contributed by atoms with Gasteiger partial charge in [-0.2, -0.15) is 0 Å². The Labute approximate surface area is 417 Å². The zero-order chi connectivity index (χ0) is 46.1. The van der Waals surface area contributed by atoms with Crippen molar-refractivity contribution in [1.29, 1.82) is 0 Å². The van der Waals surface area contributed by atoms with Crippen molar-refractivity contribution in [2.45, 2.75) is 55.5 Å². The molecule has 0 radical (unpaired) electrons. The molecule has 0 atom stereocenters. The first-order valence-electron chi connectivity index (χ1n) is 28.7. The van der Waals surface area contributed by atoms with Crippen molar-refractivity contribution < 1.29 is 9.53 Å². The largest absolute Gasteiger partial charge is 0.463 e. The molecule has 0 N–H and O–H groups in total. The Morgan fingerprint density at radius 3 is 0.711 bits per heavy atom. The van der Waals surface area contributed by atoms with E-state index in [1.54, 1.807) is 313 Å². The van der Waals surface area contributed by atoms with Crippen LogP contribution in [0.15, 0.2) is 30.3 Å². The van der Waals surface area contributed by atoms with Crippen molar-refractivity contribution in [1.82, 2.24) is 0 Å². The van der Waals surface area contributed by atoms with E-state index < -0.39 is 0 Å². The van der Waals surface area contributed by atoms with E-state index in [0.29, 0.717) is 6.42 Å². The molecule has 29 aromatic rings. The van der Waals surface area contributed by atoms with Crippen LogP contribution in [-0.2, 0) is 25.8 Å². The zero-order valence-corrected chi connectivity index (χ0v) is 39.9. The molecular formula is C74H18O2. The summed E-state index contributed by atoms with van der Waals surface area (Å²) in [5.41, 5.74) is 7.31. The van der Waals surface area contributed by atoms with Crippen molar-refractivity contribution in [2.75, 3.05) is 0 Å². The fourth-order valence-corrected chi connectivity index (χ4v) is 27.2. The van der Waals surface area contributed by atoms with Gasteiger partial charge >= 0.3 is 5.97 Å². The van der Waals surface area contributed by atoms with Gasteiger partial charge in [-0.25, -0.2) is 0 Å². The summed E-state index contributed by atoms with van der Waals surface area (Å²) in [5.74, 6) is -0.0474. The van der Waals surface area contributed by atoms with E-state index in [0.717, 1.165) is 12.8 Å². The Kier molecular flexibility index (Phi) is 2.73. The number of carbonyl (C=O) groups excluding carboxylic acids is 1. The number of esters is 1. The van der Waals surface area contributed by atoms with Gasteiger partial charge in [0.25, 0.3) is 0 Å². The highest BCUT2D eigenvalue weighted by molar-refractivity contribution is 6.82. The van der Waals surface area contributed by atoms with Crippen LogP contribution in [-0.4, -0.2) is 12.1 Å². The van der Waals surface area contributed by atoms with Gasteiger partial charge < -0.3 is 4.74 Å². The van der Waals surface area contributed by atoms with Gasteiger partial charge in [-0.15, -0.1) is 0 Å². The highest BCUT2D eigenvalue weighted by atomic mass is 16.5. The lowest BCUT2D eigenvalue weighted by molar-refractivity contribution is -0.147. The third kappa shape index (κ3) is 1.63. The van der Waals surface area contributed by atoms with Crippen LogP contribution < -0.4 is 0 Å².